The summed E-state index contributed by atoms with van der Waals surface area (Å²) in [5.74, 6) is 0.688. The van der Waals surface area contributed by atoms with E-state index in [1.165, 1.54) is 11.1 Å². The molecule has 1 nitrogen and oxygen atoms in total. The van der Waals surface area contributed by atoms with Gasteiger partial charge in [-0.15, -0.1) is 11.6 Å². The van der Waals surface area contributed by atoms with Gasteiger partial charge in [-0.25, -0.2) is 0 Å². The number of hydrogen-bond donors (Lipinski definition) is 0. The molecule has 0 amide bonds. The molecule has 1 aromatic carbocycles. The van der Waals surface area contributed by atoms with Crippen molar-refractivity contribution in [1.82, 2.24) is 4.90 Å². The monoisotopic (exact) mass is 195 g/mol. The van der Waals surface area contributed by atoms with Gasteiger partial charge in [-0.2, -0.15) is 0 Å². The summed E-state index contributed by atoms with van der Waals surface area (Å²) in [7, 11) is 2.14. The lowest BCUT2D eigenvalue weighted by Gasteiger charge is -2.33. The molecule has 2 heteroatoms. The van der Waals surface area contributed by atoms with Gasteiger partial charge in [0.2, 0.25) is 0 Å². The van der Waals surface area contributed by atoms with Crippen LogP contribution in [0.2, 0.25) is 0 Å². The van der Waals surface area contributed by atoms with Crippen LogP contribution in [0.15, 0.2) is 24.3 Å². The highest BCUT2D eigenvalue weighted by molar-refractivity contribution is 6.18. The molecule has 0 saturated carbocycles. The number of likely N-dealkylation sites (N-methyl/N-ethyl adjacent to an activating group) is 1. The number of nitrogens with zero attached hydrogens (tertiary/aromatic N) is 1. The number of hydrogen-bond acceptors (Lipinski definition) is 1. The Bertz CT molecular complexity index is 298. The van der Waals surface area contributed by atoms with Crippen LogP contribution >= 0.6 is 11.6 Å². The van der Waals surface area contributed by atoms with Crippen LogP contribution in [0.1, 0.15) is 17.2 Å². The molecule has 0 fully saturated rings. The van der Waals surface area contributed by atoms with E-state index in [1.807, 2.05) is 0 Å². The molecule has 13 heavy (non-hydrogen) atoms. The lowest BCUT2D eigenvalue weighted by molar-refractivity contribution is 0.250. The zero-order valence-electron chi connectivity index (χ0n) is 7.83. The lowest BCUT2D eigenvalue weighted by atomic mass is 9.94. The van der Waals surface area contributed by atoms with Gasteiger partial charge < -0.3 is 0 Å². The molecule has 0 spiro atoms. The second-order valence-electron chi connectivity index (χ2n) is 3.60. The Morgan fingerprint density at radius 3 is 3.00 bits per heavy atom. The maximum Gasteiger partial charge on any atom is 0.0483 e. The smallest absolute Gasteiger partial charge is 0.0483 e. The van der Waals surface area contributed by atoms with E-state index in [0.29, 0.717) is 11.9 Å². The van der Waals surface area contributed by atoms with Crippen LogP contribution in [-0.2, 0) is 6.42 Å². The molecule has 0 aromatic heterocycles. The minimum atomic E-state index is 0.409. The topological polar surface area (TPSA) is 3.24 Å². The Labute approximate surface area is 84.3 Å². The third-order valence-electron chi connectivity index (χ3n) is 2.83. The van der Waals surface area contributed by atoms with Gasteiger partial charge in [0, 0.05) is 18.5 Å². The Hall–Kier alpha value is -0.530. The van der Waals surface area contributed by atoms with Gasteiger partial charge >= 0.3 is 0 Å². The maximum atomic E-state index is 5.96. The molecule has 1 aromatic rings. The zero-order valence-corrected chi connectivity index (χ0v) is 8.59. The number of halogens is 1. The quantitative estimate of drug-likeness (QED) is 0.623. The summed E-state index contributed by atoms with van der Waals surface area (Å²) in [5.41, 5.74) is 2.87. The Kier molecular flexibility index (Phi) is 2.56. The van der Waals surface area contributed by atoms with Crippen molar-refractivity contribution in [3.05, 3.63) is 35.4 Å². The average molecular weight is 196 g/mol. The molecule has 1 heterocycles. The van der Waals surface area contributed by atoms with Crippen molar-refractivity contribution in [1.29, 1.82) is 0 Å². The molecule has 1 unspecified atom stereocenters. The molecule has 1 atom stereocenters. The first kappa shape index (κ1) is 9.04. The van der Waals surface area contributed by atoms with Gasteiger partial charge in [-0.05, 0) is 24.6 Å². The van der Waals surface area contributed by atoms with Crippen molar-refractivity contribution in [3.63, 3.8) is 0 Å². The van der Waals surface area contributed by atoms with Gasteiger partial charge in [0.15, 0.2) is 0 Å². The summed E-state index contributed by atoms with van der Waals surface area (Å²) < 4.78 is 0. The van der Waals surface area contributed by atoms with E-state index < -0.39 is 0 Å². The summed E-state index contributed by atoms with van der Waals surface area (Å²) in [6.45, 7) is 1.12. The van der Waals surface area contributed by atoms with Crippen molar-refractivity contribution >= 4 is 11.6 Å². The maximum absolute atomic E-state index is 5.96. The van der Waals surface area contributed by atoms with Crippen LogP contribution in [0, 0.1) is 0 Å². The van der Waals surface area contributed by atoms with Gasteiger partial charge in [-0.3, -0.25) is 4.90 Å². The Balaban J connectivity index is 2.39. The van der Waals surface area contributed by atoms with Gasteiger partial charge in [0.25, 0.3) is 0 Å². The summed E-state index contributed by atoms with van der Waals surface area (Å²) in [4.78, 5) is 2.33. The van der Waals surface area contributed by atoms with E-state index in [-0.39, 0.29) is 0 Å². The molecule has 2 rings (SSSR count). The van der Waals surface area contributed by atoms with Crippen LogP contribution in [0.3, 0.4) is 0 Å². The Morgan fingerprint density at radius 2 is 2.23 bits per heavy atom. The SMILES string of the molecule is CN1CCc2ccccc2C1CCl. The molecule has 0 aliphatic carbocycles. The second kappa shape index (κ2) is 3.69. The largest absolute Gasteiger partial charge is 0.298 e. The van der Waals surface area contributed by atoms with E-state index in [0.717, 1.165) is 13.0 Å². The van der Waals surface area contributed by atoms with Gasteiger partial charge in [0.1, 0.15) is 0 Å². The van der Waals surface area contributed by atoms with E-state index in [4.69, 9.17) is 11.6 Å². The fourth-order valence-electron chi connectivity index (χ4n) is 1.98. The lowest BCUT2D eigenvalue weighted by Crippen LogP contribution is -2.33. The van der Waals surface area contributed by atoms with E-state index in [2.05, 4.69) is 36.2 Å². The number of benzene rings is 1. The predicted molar refractivity (Wildman–Crippen MR) is 56.2 cm³/mol. The van der Waals surface area contributed by atoms with Crippen molar-refractivity contribution in [2.75, 3.05) is 19.5 Å². The molecule has 0 bridgehead atoms. The van der Waals surface area contributed by atoms with Crippen LogP contribution in [0.5, 0.6) is 0 Å². The fourth-order valence-corrected chi connectivity index (χ4v) is 2.38. The van der Waals surface area contributed by atoms with Crippen LogP contribution in [0.4, 0.5) is 0 Å². The number of alkyl halides is 1. The average Bonchev–Trinajstić information content (AvgIpc) is 2.18. The molecule has 0 N–H and O–H groups in total. The molecule has 0 saturated heterocycles. The predicted octanol–water partition coefficient (Wildman–Crippen LogP) is 2.45. The molecule has 0 radical (unpaired) electrons. The van der Waals surface area contributed by atoms with Crippen LogP contribution < -0.4 is 0 Å². The Morgan fingerprint density at radius 1 is 1.46 bits per heavy atom. The highest BCUT2D eigenvalue weighted by Gasteiger charge is 2.22. The molecule has 70 valence electrons. The van der Waals surface area contributed by atoms with Crippen molar-refractivity contribution in [2.45, 2.75) is 12.5 Å². The van der Waals surface area contributed by atoms with E-state index >= 15 is 0 Å². The minimum Gasteiger partial charge on any atom is -0.298 e. The van der Waals surface area contributed by atoms with Crippen molar-refractivity contribution in [3.8, 4) is 0 Å². The first-order chi connectivity index (χ1) is 6.33. The van der Waals surface area contributed by atoms with Gasteiger partial charge in [-0.1, -0.05) is 24.3 Å². The third kappa shape index (κ3) is 1.59. The highest BCUT2D eigenvalue weighted by Crippen LogP contribution is 2.28. The summed E-state index contributed by atoms with van der Waals surface area (Å²) >= 11 is 5.96. The summed E-state index contributed by atoms with van der Waals surface area (Å²) in [6.07, 6.45) is 1.15. The highest BCUT2D eigenvalue weighted by atomic mass is 35.5. The minimum absolute atomic E-state index is 0.409. The zero-order chi connectivity index (χ0) is 9.26. The van der Waals surface area contributed by atoms with Crippen LogP contribution in [0.25, 0.3) is 0 Å². The molecule has 1 aliphatic heterocycles. The standard InChI is InChI=1S/C11H14ClN/c1-13-7-6-9-4-2-3-5-10(9)11(13)8-12/h2-5,11H,6-8H2,1H3. The van der Waals surface area contributed by atoms with Crippen molar-refractivity contribution < 1.29 is 0 Å². The van der Waals surface area contributed by atoms with E-state index in [9.17, 15) is 0 Å². The molecular weight excluding hydrogens is 182 g/mol. The number of rotatable bonds is 1. The second-order valence-corrected chi connectivity index (χ2v) is 3.91. The summed E-state index contributed by atoms with van der Waals surface area (Å²) in [5, 5.41) is 0. The van der Waals surface area contributed by atoms with E-state index in [1.54, 1.807) is 0 Å². The first-order valence-corrected chi connectivity index (χ1v) is 5.20. The fraction of sp³-hybridized carbons (Fsp3) is 0.455. The molecular formula is C11H14ClN. The van der Waals surface area contributed by atoms with Crippen molar-refractivity contribution in [2.24, 2.45) is 0 Å². The normalized spacial score (nSPS) is 22.8. The molecule has 1 aliphatic rings. The van der Waals surface area contributed by atoms with Gasteiger partial charge in [0.05, 0.1) is 0 Å². The van der Waals surface area contributed by atoms with Crippen LogP contribution in [-0.4, -0.2) is 24.4 Å². The number of fused-ring (bicyclic) bond motifs is 1. The summed E-state index contributed by atoms with van der Waals surface area (Å²) in [6, 6.07) is 9.01. The first-order valence-electron chi connectivity index (χ1n) is 4.67. The third-order valence-corrected chi connectivity index (χ3v) is 3.12.